The maximum Gasteiger partial charge on any atom is 0.339 e. The van der Waals surface area contributed by atoms with Crippen molar-refractivity contribution in [3.05, 3.63) is 41.6 Å². The maximum absolute atomic E-state index is 11.8. The molecule has 2 aromatic rings. The number of carbonyl (C=O) groups is 1. The second-order valence-corrected chi connectivity index (χ2v) is 5.18. The molecule has 0 radical (unpaired) electrons. The number of nitrogens with one attached hydrogen (secondary N) is 2. The number of aromatic nitrogens is 2. The Bertz CT molecular complexity index is 671. The minimum atomic E-state index is -0.406. The predicted octanol–water partition coefficient (Wildman–Crippen LogP) is 3.14. The van der Waals surface area contributed by atoms with Gasteiger partial charge in [-0.25, -0.2) is 9.78 Å². The molecule has 0 unspecified atom stereocenters. The van der Waals surface area contributed by atoms with Crippen LogP contribution in [0.3, 0.4) is 0 Å². The van der Waals surface area contributed by atoms with Crippen LogP contribution in [0, 0.1) is 6.92 Å². The van der Waals surface area contributed by atoms with Gasteiger partial charge in [-0.05, 0) is 32.9 Å². The van der Waals surface area contributed by atoms with E-state index in [0.717, 1.165) is 11.5 Å². The van der Waals surface area contributed by atoms with Crippen molar-refractivity contribution in [2.45, 2.75) is 26.8 Å². The van der Waals surface area contributed by atoms with Crippen molar-refractivity contribution in [3.8, 4) is 0 Å². The van der Waals surface area contributed by atoms with Gasteiger partial charge in [0.05, 0.1) is 18.4 Å². The molecule has 0 saturated heterocycles. The zero-order valence-electron chi connectivity index (χ0n) is 13.2. The van der Waals surface area contributed by atoms with Crippen molar-refractivity contribution in [1.82, 2.24) is 9.97 Å². The van der Waals surface area contributed by atoms with Crippen molar-refractivity contribution >= 4 is 23.4 Å². The molecule has 0 atom stereocenters. The van der Waals surface area contributed by atoms with Gasteiger partial charge in [-0.2, -0.15) is 4.98 Å². The van der Waals surface area contributed by atoms with Gasteiger partial charge in [0.1, 0.15) is 5.82 Å². The Hall–Kier alpha value is -2.63. The summed E-state index contributed by atoms with van der Waals surface area (Å²) >= 11 is 0. The molecule has 116 valence electrons. The average molecular weight is 300 g/mol. The number of benzene rings is 1. The Morgan fingerprint density at radius 2 is 1.95 bits per heavy atom. The van der Waals surface area contributed by atoms with Crippen LogP contribution in [0.4, 0.5) is 17.5 Å². The van der Waals surface area contributed by atoms with E-state index in [2.05, 4.69) is 20.6 Å². The van der Waals surface area contributed by atoms with E-state index in [1.807, 2.05) is 32.9 Å². The van der Waals surface area contributed by atoms with E-state index in [0.29, 0.717) is 17.2 Å². The van der Waals surface area contributed by atoms with Crippen LogP contribution in [0.5, 0.6) is 0 Å². The van der Waals surface area contributed by atoms with Crippen molar-refractivity contribution in [3.63, 3.8) is 0 Å². The molecular formula is C16H20N4O2. The zero-order chi connectivity index (χ0) is 16.1. The predicted molar refractivity (Wildman–Crippen MR) is 86.6 cm³/mol. The first-order valence-corrected chi connectivity index (χ1v) is 7.06. The van der Waals surface area contributed by atoms with Gasteiger partial charge < -0.3 is 15.4 Å². The topological polar surface area (TPSA) is 76.1 Å². The molecular weight excluding hydrogens is 280 g/mol. The molecule has 6 nitrogen and oxygen atoms in total. The fraction of sp³-hybridized carbons (Fsp3) is 0.312. The van der Waals surface area contributed by atoms with Crippen molar-refractivity contribution in [1.29, 1.82) is 0 Å². The third-order valence-electron chi connectivity index (χ3n) is 2.87. The number of nitrogens with zero attached hydrogens (tertiary/aromatic N) is 2. The highest BCUT2D eigenvalue weighted by molar-refractivity contribution is 5.96. The zero-order valence-corrected chi connectivity index (χ0v) is 13.2. The number of hydrogen-bond donors (Lipinski definition) is 2. The highest BCUT2D eigenvalue weighted by Gasteiger charge is 2.12. The van der Waals surface area contributed by atoms with Gasteiger partial charge in [0.2, 0.25) is 5.95 Å². The summed E-state index contributed by atoms with van der Waals surface area (Å²) in [6, 6.07) is 9.23. The molecule has 0 fully saturated rings. The first-order chi connectivity index (χ1) is 10.5. The Morgan fingerprint density at radius 1 is 1.23 bits per heavy atom. The maximum atomic E-state index is 11.8. The standard InChI is InChI=1S/C16H20N4O2/c1-10(2)17-14-9-11(3)18-16(20-14)19-13-8-6-5-7-12(13)15(21)22-4/h5-10H,1-4H3,(H2,17,18,19,20). The van der Waals surface area contributed by atoms with Crippen LogP contribution in [0.1, 0.15) is 29.9 Å². The second-order valence-electron chi connectivity index (χ2n) is 5.18. The van der Waals surface area contributed by atoms with Gasteiger partial charge in [0, 0.05) is 17.8 Å². The van der Waals surface area contributed by atoms with E-state index in [9.17, 15) is 4.79 Å². The Labute approximate surface area is 129 Å². The van der Waals surface area contributed by atoms with Gasteiger partial charge in [0.15, 0.2) is 0 Å². The fourth-order valence-corrected chi connectivity index (χ4v) is 1.99. The molecule has 1 heterocycles. The lowest BCUT2D eigenvalue weighted by Crippen LogP contribution is -2.13. The van der Waals surface area contributed by atoms with Crippen LogP contribution in [0.25, 0.3) is 0 Å². The molecule has 0 aliphatic rings. The lowest BCUT2D eigenvalue weighted by molar-refractivity contribution is 0.0602. The molecule has 1 aromatic heterocycles. The summed E-state index contributed by atoms with van der Waals surface area (Å²) in [5.74, 6) is 0.760. The van der Waals surface area contributed by atoms with E-state index in [1.54, 1.807) is 18.2 Å². The van der Waals surface area contributed by atoms with E-state index in [1.165, 1.54) is 7.11 Å². The van der Waals surface area contributed by atoms with Gasteiger partial charge in [-0.3, -0.25) is 0 Å². The van der Waals surface area contributed by atoms with E-state index >= 15 is 0 Å². The third kappa shape index (κ3) is 3.94. The number of anilines is 3. The summed E-state index contributed by atoms with van der Waals surface area (Å²) in [6.07, 6.45) is 0. The van der Waals surface area contributed by atoms with Crippen LogP contribution >= 0.6 is 0 Å². The van der Waals surface area contributed by atoms with Crippen LogP contribution in [-0.4, -0.2) is 29.1 Å². The highest BCUT2D eigenvalue weighted by atomic mass is 16.5. The minimum absolute atomic E-state index is 0.268. The molecule has 2 rings (SSSR count). The number of para-hydroxylation sites is 1. The summed E-state index contributed by atoms with van der Waals surface area (Å²) < 4.78 is 4.78. The summed E-state index contributed by atoms with van der Waals surface area (Å²) in [5.41, 5.74) is 1.88. The van der Waals surface area contributed by atoms with Crippen molar-refractivity contribution < 1.29 is 9.53 Å². The number of carbonyl (C=O) groups excluding carboxylic acids is 1. The quantitative estimate of drug-likeness (QED) is 0.826. The summed E-state index contributed by atoms with van der Waals surface area (Å²) in [7, 11) is 1.35. The first kappa shape index (κ1) is 15.8. The first-order valence-electron chi connectivity index (χ1n) is 7.06. The molecule has 0 amide bonds. The summed E-state index contributed by atoms with van der Waals surface area (Å²) in [5, 5.41) is 6.32. The number of hydrogen-bond acceptors (Lipinski definition) is 6. The number of methoxy groups -OCH3 is 1. The number of rotatable bonds is 5. The lowest BCUT2D eigenvalue weighted by atomic mass is 10.2. The van der Waals surface area contributed by atoms with Gasteiger partial charge >= 0.3 is 5.97 Å². The molecule has 0 aliphatic carbocycles. The molecule has 0 saturated carbocycles. The third-order valence-corrected chi connectivity index (χ3v) is 2.87. The van der Waals surface area contributed by atoms with Gasteiger partial charge in [0.25, 0.3) is 0 Å². The molecule has 6 heteroatoms. The molecule has 0 bridgehead atoms. The molecule has 22 heavy (non-hydrogen) atoms. The normalized spacial score (nSPS) is 10.4. The van der Waals surface area contributed by atoms with Gasteiger partial charge in [-0.1, -0.05) is 12.1 Å². The Balaban J connectivity index is 2.31. The molecule has 2 N–H and O–H groups in total. The Morgan fingerprint density at radius 3 is 2.64 bits per heavy atom. The SMILES string of the molecule is COC(=O)c1ccccc1Nc1nc(C)cc(NC(C)C)n1. The smallest absolute Gasteiger partial charge is 0.339 e. The van der Waals surface area contributed by atoms with Crippen LogP contribution in [0.2, 0.25) is 0 Å². The minimum Gasteiger partial charge on any atom is -0.465 e. The number of aryl methyl sites for hydroxylation is 1. The van der Waals surface area contributed by atoms with Crippen LogP contribution in [-0.2, 0) is 4.74 Å². The average Bonchev–Trinajstić information content (AvgIpc) is 2.45. The fourth-order valence-electron chi connectivity index (χ4n) is 1.99. The van der Waals surface area contributed by atoms with E-state index in [-0.39, 0.29) is 6.04 Å². The van der Waals surface area contributed by atoms with Crippen LogP contribution < -0.4 is 10.6 Å². The van der Waals surface area contributed by atoms with Gasteiger partial charge in [-0.15, -0.1) is 0 Å². The second kappa shape index (κ2) is 6.89. The highest BCUT2D eigenvalue weighted by Crippen LogP contribution is 2.21. The molecule has 0 spiro atoms. The molecule has 1 aromatic carbocycles. The Kier molecular flexibility index (Phi) is 4.93. The lowest BCUT2D eigenvalue weighted by Gasteiger charge is -2.13. The van der Waals surface area contributed by atoms with Crippen LogP contribution in [0.15, 0.2) is 30.3 Å². The van der Waals surface area contributed by atoms with E-state index in [4.69, 9.17) is 4.74 Å². The molecule has 0 aliphatic heterocycles. The largest absolute Gasteiger partial charge is 0.465 e. The summed E-state index contributed by atoms with van der Waals surface area (Å²) in [4.78, 5) is 20.5. The number of ether oxygens (including phenoxy) is 1. The van der Waals surface area contributed by atoms with Crippen molar-refractivity contribution in [2.75, 3.05) is 17.7 Å². The summed E-state index contributed by atoms with van der Waals surface area (Å²) in [6.45, 7) is 5.97. The van der Waals surface area contributed by atoms with E-state index < -0.39 is 5.97 Å². The number of esters is 1. The van der Waals surface area contributed by atoms with Crippen molar-refractivity contribution in [2.24, 2.45) is 0 Å². The monoisotopic (exact) mass is 300 g/mol.